The lowest BCUT2D eigenvalue weighted by Crippen LogP contribution is -2.53. The van der Waals surface area contributed by atoms with Crippen LogP contribution in [0.5, 0.6) is 10.8 Å². The topological polar surface area (TPSA) is 80.3 Å². The summed E-state index contributed by atoms with van der Waals surface area (Å²) in [6, 6.07) is 10.4. The van der Waals surface area contributed by atoms with Crippen LogP contribution in [-0.2, 0) is 9.59 Å². The highest BCUT2D eigenvalue weighted by molar-refractivity contribution is 7.18. The molecule has 2 N–H and O–H groups in total. The molecule has 1 aromatic heterocycles. The lowest BCUT2D eigenvalue weighted by atomic mass is 10.0. The molecule has 2 aromatic carbocycles. The molecule has 0 saturated heterocycles. The average Bonchev–Trinajstić information content (AvgIpc) is 3.10. The molecule has 0 aliphatic heterocycles. The van der Waals surface area contributed by atoms with E-state index in [4.69, 9.17) is 4.74 Å². The van der Waals surface area contributed by atoms with Gasteiger partial charge in [0, 0.05) is 5.56 Å². The maximum atomic E-state index is 13.4. The highest BCUT2D eigenvalue weighted by Gasteiger charge is 2.36. The Hall–Kier alpha value is -3.54. The molecule has 0 saturated carbocycles. The lowest BCUT2D eigenvalue weighted by molar-refractivity contribution is -0.155. The van der Waals surface area contributed by atoms with Crippen LogP contribution >= 0.6 is 11.3 Å². The summed E-state index contributed by atoms with van der Waals surface area (Å²) in [5.41, 5.74) is -1.00. The summed E-state index contributed by atoms with van der Waals surface area (Å²) in [7, 11) is 0. The molecule has 0 atom stereocenters. The number of amides is 2. The maximum Gasteiger partial charge on any atom is 0.397 e. The molecule has 3 aromatic rings. The van der Waals surface area contributed by atoms with Crippen LogP contribution in [0, 0.1) is 11.6 Å². The van der Waals surface area contributed by atoms with E-state index >= 15 is 0 Å². The quantitative estimate of drug-likeness (QED) is 0.411. The first-order chi connectivity index (χ1) is 15.8. The molecule has 12 heteroatoms. The van der Waals surface area contributed by atoms with E-state index in [1.54, 1.807) is 0 Å². The van der Waals surface area contributed by atoms with Crippen LogP contribution in [-0.4, -0.2) is 28.5 Å². The highest BCUT2D eigenvalue weighted by atomic mass is 32.1. The third kappa shape index (κ3) is 6.73. The zero-order valence-corrected chi connectivity index (χ0v) is 18.6. The number of hydrogen-bond acceptors (Lipinski definition) is 5. The van der Waals surface area contributed by atoms with Crippen LogP contribution in [0.15, 0.2) is 48.5 Å². The summed E-state index contributed by atoms with van der Waals surface area (Å²) in [4.78, 5) is 28.6. The fourth-order valence-corrected chi connectivity index (χ4v) is 3.57. The molecule has 0 spiro atoms. The van der Waals surface area contributed by atoms with Gasteiger partial charge in [0.1, 0.15) is 35.0 Å². The van der Waals surface area contributed by atoms with Crippen molar-refractivity contribution >= 4 is 28.3 Å². The van der Waals surface area contributed by atoms with Gasteiger partial charge in [-0.25, -0.2) is 13.8 Å². The van der Waals surface area contributed by atoms with Gasteiger partial charge in [-0.2, -0.15) is 13.2 Å². The average molecular weight is 499 g/mol. The Balaban J connectivity index is 1.85. The molecule has 0 fully saturated rings. The van der Waals surface area contributed by atoms with Crippen molar-refractivity contribution < 1.29 is 36.3 Å². The SMILES string of the molecule is CC(C)(NC(=O)CC(F)(F)F)C(=O)Nc1nc(-c2ccc(F)cc2)c(Oc2ccc(F)cc2)s1. The van der Waals surface area contributed by atoms with Gasteiger partial charge in [0.2, 0.25) is 11.0 Å². The number of nitrogens with zero attached hydrogens (tertiary/aromatic N) is 1. The van der Waals surface area contributed by atoms with Gasteiger partial charge in [0.05, 0.1) is 0 Å². The smallest absolute Gasteiger partial charge is 0.397 e. The predicted molar refractivity (Wildman–Crippen MR) is 116 cm³/mol. The van der Waals surface area contributed by atoms with Gasteiger partial charge in [-0.05, 0) is 62.4 Å². The number of aromatic nitrogens is 1. The molecule has 3 rings (SSSR count). The van der Waals surface area contributed by atoms with E-state index in [1.165, 1.54) is 62.4 Å². The van der Waals surface area contributed by atoms with E-state index in [0.29, 0.717) is 5.56 Å². The monoisotopic (exact) mass is 499 g/mol. The number of carbonyl (C=O) groups excluding carboxylic acids is 2. The van der Waals surface area contributed by atoms with Crippen molar-refractivity contribution in [1.82, 2.24) is 10.3 Å². The van der Waals surface area contributed by atoms with Crippen LogP contribution in [0.4, 0.5) is 27.1 Å². The van der Waals surface area contributed by atoms with Crippen LogP contribution in [0.2, 0.25) is 0 Å². The number of benzene rings is 2. The number of ether oxygens (including phenoxy) is 1. The van der Waals surface area contributed by atoms with E-state index < -0.39 is 41.6 Å². The van der Waals surface area contributed by atoms with Crippen molar-refractivity contribution in [2.45, 2.75) is 32.0 Å². The van der Waals surface area contributed by atoms with Gasteiger partial charge in [-0.3, -0.25) is 14.9 Å². The first-order valence-electron chi connectivity index (χ1n) is 9.72. The fraction of sp³-hybridized carbons (Fsp3) is 0.227. The lowest BCUT2D eigenvalue weighted by Gasteiger charge is -2.24. The number of thiazole rings is 1. The molecule has 2 amide bonds. The second-order valence-corrected chi connectivity index (χ2v) is 8.60. The van der Waals surface area contributed by atoms with Gasteiger partial charge in [0.15, 0.2) is 5.13 Å². The minimum Gasteiger partial charge on any atom is -0.444 e. The third-order valence-corrected chi connectivity index (χ3v) is 5.19. The second-order valence-electron chi connectivity index (χ2n) is 7.64. The Labute approximate surface area is 194 Å². The van der Waals surface area contributed by atoms with Crippen molar-refractivity contribution in [3.8, 4) is 22.1 Å². The molecule has 0 aliphatic rings. The second kappa shape index (κ2) is 9.75. The van der Waals surface area contributed by atoms with E-state index in [9.17, 15) is 31.5 Å². The summed E-state index contributed by atoms with van der Waals surface area (Å²) >= 11 is 0.885. The van der Waals surface area contributed by atoms with Crippen LogP contribution in [0.1, 0.15) is 20.3 Å². The van der Waals surface area contributed by atoms with Crippen molar-refractivity contribution in [3.05, 3.63) is 60.2 Å². The third-order valence-electron chi connectivity index (χ3n) is 4.34. The largest absolute Gasteiger partial charge is 0.444 e. The minimum atomic E-state index is -4.72. The summed E-state index contributed by atoms with van der Waals surface area (Å²) in [6.07, 6.45) is -6.45. The van der Waals surface area contributed by atoms with Gasteiger partial charge >= 0.3 is 6.18 Å². The maximum absolute atomic E-state index is 13.4. The first-order valence-corrected chi connectivity index (χ1v) is 10.5. The van der Waals surface area contributed by atoms with Crippen LogP contribution in [0.3, 0.4) is 0 Å². The number of anilines is 1. The standard InChI is InChI=1S/C22H18F5N3O3S/c1-21(2,30-16(31)11-22(25,26)27)19(32)29-20-28-17(12-3-5-13(23)6-4-12)18(34-20)33-15-9-7-14(24)8-10-15/h3-10H,11H2,1-2H3,(H,30,31)(H,28,29,32). The van der Waals surface area contributed by atoms with E-state index in [1.807, 2.05) is 5.32 Å². The minimum absolute atomic E-state index is 0.0135. The number of rotatable bonds is 7. The molecule has 34 heavy (non-hydrogen) atoms. The van der Waals surface area contributed by atoms with Crippen molar-refractivity contribution in [2.75, 3.05) is 5.32 Å². The summed E-state index contributed by atoms with van der Waals surface area (Å²) in [5.74, 6) is -2.87. The number of alkyl halides is 3. The Morgan fingerprint density at radius 3 is 2.09 bits per heavy atom. The van der Waals surface area contributed by atoms with E-state index in [0.717, 1.165) is 11.3 Å². The molecule has 0 radical (unpaired) electrons. The van der Waals surface area contributed by atoms with E-state index in [-0.39, 0.29) is 21.6 Å². The van der Waals surface area contributed by atoms with Gasteiger partial charge in [-0.15, -0.1) is 0 Å². The van der Waals surface area contributed by atoms with Crippen molar-refractivity contribution in [1.29, 1.82) is 0 Å². The van der Waals surface area contributed by atoms with Crippen LogP contribution in [0.25, 0.3) is 11.3 Å². The van der Waals surface area contributed by atoms with Crippen LogP contribution < -0.4 is 15.4 Å². The molecule has 6 nitrogen and oxygen atoms in total. The van der Waals surface area contributed by atoms with Gasteiger partial charge < -0.3 is 10.1 Å². The number of halogens is 5. The molecule has 180 valence electrons. The zero-order valence-electron chi connectivity index (χ0n) is 17.8. The van der Waals surface area contributed by atoms with Crippen molar-refractivity contribution in [3.63, 3.8) is 0 Å². The molecule has 1 heterocycles. The fourth-order valence-electron chi connectivity index (χ4n) is 2.71. The highest BCUT2D eigenvalue weighted by Crippen LogP contribution is 2.40. The Bertz CT molecular complexity index is 1180. The molecular formula is C22H18F5N3O3S. The Morgan fingerprint density at radius 1 is 0.971 bits per heavy atom. The summed E-state index contributed by atoms with van der Waals surface area (Å²) in [6.45, 7) is 2.47. The first kappa shape index (κ1) is 25.1. The van der Waals surface area contributed by atoms with Gasteiger partial charge in [0.25, 0.3) is 5.91 Å². The zero-order chi connectivity index (χ0) is 25.1. The Morgan fingerprint density at radius 2 is 1.53 bits per heavy atom. The number of carbonyl (C=O) groups is 2. The predicted octanol–water partition coefficient (Wildman–Crippen LogP) is 5.67. The molecule has 0 aliphatic carbocycles. The number of hydrogen-bond donors (Lipinski definition) is 2. The molecular weight excluding hydrogens is 481 g/mol. The molecule has 0 bridgehead atoms. The number of nitrogens with one attached hydrogen (secondary N) is 2. The summed E-state index contributed by atoms with van der Waals surface area (Å²) in [5, 5.41) is 4.68. The van der Waals surface area contributed by atoms with E-state index in [2.05, 4.69) is 10.3 Å². The van der Waals surface area contributed by atoms with Gasteiger partial charge in [-0.1, -0.05) is 11.3 Å². The van der Waals surface area contributed by atoms with Crippen molar-refractivity contribution in [2.24, 2.45) is 0 Å². The Kier molecular flexibility index (Phi) is 7.20. The normalized spacial score (nSPS) is 11.7. The molecule has 0 unspecified atom stereocenters. The summed E-state index contributed by atoms with van der Waals surface area (Å²) < 4.78 is 69.6.